The number of nitrogens with zero attached hydrogens (tertiary/aromatic N) is 1. The van der Waals surface area contributed by atoms with Gasteiger partial charge in [0.2, 0.25) is 0 Å². The highest BCUT2D eigenvalue weighted by Gasteiger charge is 2.15. The molecule has 3 rings (SSSR count). The van der Waals surface area contributed by atoms with E-state index in [1.807, 2.05) is 0 Å². The largest absolute Gasteiger partial charge is 0.298 e. The molecular weight excluding hydrogens is 377 g/mol. The van der Waals surface area contributed by atoms with E-state index in [9.17, 15) is 13.6 Å². The van der Waals surface area contributed by atoms with E-state index in [0.29, 0.717) is 16.4 Å². The molecule has 8 heteroatoms. The Kier molecular flexibility index (Phi) is 4.80. The van der Waals surface area contributed by atoms with Crippen LogP contribution in [0, 0.1) is 11.6 Å². The number of carbonyl (C=O) groups excluding carboxylic acids is 1. The lowest BCUT2D eigenvalue weighted by atomic mass is 10.2. The summed E-state index contributed by atoms with van der Waals surface area (Å²) in [5.41, 5.74) is 1.05. The van der Waals surface area contributed by atoms with E-state index in [1.165, 1.54) is 12.1 Å². The number of halogens is 4. The predicted molar refractivity (Wildman–Crippen MR) is 91.9 cm³/mol. The highest BCUT2D eigenvalue weighted by Crippen LogP contribution is 2.29. The highest BCUT2D eigenvalue weighted by atomic mass is 35.5. The lowest BCUT2D eigenvalue weighted by Crippen LogP contribution is -2.12. The molecule has 2 aromatic carbocycles. The second-order valence-corrected chi connectivity index (χ2v) is 6.37. The van der Waals surface area contributed by atoms with Crippen LogP contribution in [0.1, 0.15) is 10.4 Å². The summed E-state index contributed by atoms with van der Waals surface area (Å²) in [5, 5.41) is 4.95. The van der Waals surface area contributed by atoms with Crippen molar-refractivity contribution in [2.75, 3.05) is 5.32 Å². The first-order valence-electron chi connectivity index (χ1n) is 6.62. The van der Waals surface area contributed by atoms with Crippen LogP contribution in [0.2, 0.25) is 10.0 Å². The molecule has 3 aromatic rings. The van der Waals surface area contributed by atoms with Gasteiger partial charge in [0.15, 0.2) is 16.8 Å². The van der Waals surface area contributed by atoms with Crippen LogP contribution < -0.4 is 5.32 Å². The molecule has 24 heavy (non-hydrogen) atoms. The molecule has 0 aliphatic heterocycles. The van der Waals surface area contributed by atoms with Gasteiger partial charge in [0, 0.05) is 10.9 Å². The molecule has 0 saturated carbocycles. The third kappa shape index (κ3) is 3.40. The molecule has 0 aliphatic rings. The van der Waals surface area contributed by atoms with E-state index in [2.05, 4.69) is 10.3 Å². The van der Waals surface area contributed by atoms with Gasteiger partial charge in [-0.05, 0) is 30.3 Å². The van der Waals surface area contributed by atoms with Crippen molar-refractivity contribution in [3.05, 3.63) is 69.0 Å². The van der Waals surface area contributed by atoms with Gasteiger partial charge < -0.3 is 0 Å². The minimum Gasteiger partial charge on any atom is -0.298 e. The maximum absolute atomic E-state index is 13.3. The Bertz CT molecular complexity index is 930. The number of carbonyl (C=O) groups is 1. The summed E-state index contributed by atoms with van der Waals surface area (Å²) in [4.78, 5) is 16.4. The van der Waals surface area contributed by atoms with Crippen LogP contribution in [0.4, 0.5) is 13.9 Å². The molecule has 1 heterocycles. The topological polar surface area (TPSA) is 42.0 Å². The van der Waals surface area contributed by atoms with Crippen LogP contribution in [0.3, 0.4) is 0 Å². The van der Waals surface area contributed by atoms with Gasteiger partial charge in [0.25, 0.3) is 5.91 Å². The normalized spacial score (nSPS) is 10.7. The Morgan fingerprint density at radius 1 is 1.12 bits per heavy atom. The molecule has 0 fully saturated rings. The smallest absolute Gasteiger partial charge is 0.259 e. The van der Waals surface area contributed by atoms with Crippen molar-refractivity contribution in [1.29, 1.82) is 0 Å². The maximum atomic E-state index is 13.3. The number of amides is 1. The Morgan fingerprint density at radius 3 is 2.67 bits per heavy atom. The first-order chi connectivity index (χ1) is 11.5. The van der Waals surface area contributed by atoms with E-state index in [1.54, 1.807) is 17.5 Å². The Morgan fingerprint density at radius 2 is 1.92 bits per heavy atom. The molecular formula is C16H8Cl2F2N2OS. The summed E-state index contributed by atoms with van der Waals surface area (Å²) in [6.07, 6.45) is 0. The van der Waals surface area contributed by atoms with Crippen molar-refractivity contribution in [1.82, 2.24) is 4.98 Å². The number of thiazole rings is 1. The number of hydrogen-bond acceptors (Lipinski definition) is 3. The SMILES string of the molecule is O=C(Nc1nc(-c2ccc(F)c(F)c2)cs1)c1cccc(Cl)c1Cl. The van der Waals surface area contributed by atoms with E-state index in [0.717, 1.165) is 23.5 Å². The molecule has 0 atom stereocenters. The number of benzene rings is 2. The fourth-order valence-electron chi connectivity index (χ4n) is 1.96. The summed E-state index contributed by atoms with van der Waals surface area (Å²) in [7, 11) is 0. The van der Waals surface area contributed by atoms with Crippen LogP contribution in [0.25, 0.3) is 11.3 Å². The number of hydrogen-bond donors (Lipinski definition) is 1. The number of anilines is 1. The van der Waals surface area contributed by atoms with E-state index in [-0.39, 0.29) is 15.6 Å². The summed E-state index contributed by atoms with van der Waals surface area (Å²) in [6, 6.07) is 8.20. The highest BCUT2D eigenvalue weighted by molar-refractivity contribution is 7.14. The standard InChI is InChI=1S/C16H8Cl2F2N2OS/c17-10-3-1-2-9(14(10)18)15(23)22-16-21-13(7-24-16)8-4-5-11(19)12(20)6-8/h1-7H,(H,21,22,23). The monoisotopic (exact) mass is 384 g/mol. The third-order valence-corrected chi connectivity index (χ3v) is 4.71. The second kappa shape index (κ2) is 6.84. The lowest BCUT2D eigenvalue weighted by molar-refractivity contribution is 0.102. The average Bonchev–Trinajstić information content (AvgIpc) is 3.01. The summed E-state index contributed by atoms with van der Waals surface area (Å²) in [6.45, 7) is 0. The zero-order chi connectivity index (χ0) is 17.3. The zero-order valence-corrected chi connectivity index (χ0v) is 14.1. The quantitative estimate of drug-likeness (QED) is 0.633. The number of rotatable bonds is 3. The molecule has 1 aromatic heterocycles. The Balaban J connectivity index is 1.82. The van der Waals surface area contributed by atoms with Crippen molar-refractivity contribution in [3.8, 4) is 11.3 Å². The zero-order valence-electron chi connectivity index (χ0n) is 11.8. The lowest BCUT2D eigenvalue weighted by Gasteiger charge is -2.05. The first kappa shape index (κ1) is 16.8. The van der Waals surface area contributed by atoms with Gasteiger partial charge in [-0.2, -0.15) is 0 Å². The van der Waals surface area contributed by atoms with Gasteiger partial charge in [-0.3, -0.25) is 10.1 Å². The predicted octanol–water partition coefficient (Wildman–Crippen LogP) is 5.65. The number of aromatic nitrogens is 1. The Hall–Kier alpha value is -2.02. The fourth-order valence-corrected chi connectivity index (χ4v) is 3.06. The van der Waals surface area contributed by atoms with Crippen molar-refractivity contribution in [2.45, 2.75) is 0 Å². The maximum Gasteiger partial charge on any atom is 0.259 e. The summed E-state index contributed by atoms with van der Waals surface area (Å²) < 4.78 is 26.3. The van der Waals surface area contributed by atoms with Gasteiger partial charge in [-0.1, -0.05) is 29.3 Å². The summed E-state index contributed by atoms with van der Waals surface area (Å²) in [5.74, 6) is -2.36. The van der Waals surface area contributed by atoms with E-state index < -0.39 is 17.5 Å². The molecule has 0 aliphatic carbocycles. The average molecular weight is 385 g/mol. The van der Waals surface area contributed by atoms with Crippen molar-refractivity contribution < 1.29 is 13.6 Å². The van der Waals surface area contributed by atoms with Gasteiger partial charge in [-0.25, -0.2) is 13.8 Å². The van der Waals surface area contributed by atoms with Crippen LogP contribution >= 0.6 is 34.5 Å². The molecule has 0 bridgehead atoms. The van der Waals surface area contributed by atoms with Crippen LogP contribution in [0.15, 0.2) is 41.8 Å². The van der Waals surface area contributed by atoms with Crippen molar-refractivity contribution >= 4 is 45.6 Å². The molecule has 0 spiro atoms. The Labute approximate surface area is 149 Å². The third-order valence-electron chi connectivity index (χ3n) is 3.14. The molecule has 1 N–H and O–H groups in total. The van der Waals surface area contributed by atoms with Gasteiger partial charge in [0.1, 0.15) is 0 Å². The molecule has 0 saturated heterocycles. The number of nitrogens with one attached hydrogen (secondary N) is 1. The molecule has 122 valence electrons. The minimum atomic E-state index is -0.961. The van der Waals surface area contributed by atoms with Crippen molar-refractivity contribution in [3.63, 3.8) is 0 Å². The van der Waals surface area contributed by atoms with Gasteiger partial charge in [0.05, 0.1) is 21.3 Å². The fraction of sp³-hybridized carbons (Fsp3) is 0. The van der Waals surface area contributed by atoms with E-state index >= 15 is 0 Å². The van der Waals surface area contributed by atoms with Gasteiger partial charge >= 0.3 is 0 Å². The van der Waals surface area contributed by atoms with E-state index in [4.69, 9.17) is 23.2 Å². The molecule has 3 nitrogen and oxygen atoms in total. The second-order valence-electron chi connectivity index (χ2n) is 4.72. The van der Waals surface area contributed by atoms with Crippen LogP contribution in [-0.2, 0) is 0 Å². The molecule has 0 unspecified atom stereocenters. The summed E-state index contributed by atoms with van der Waals surface area (Å²) >= 11 is 13.0. The van der Waals surface area contributed by atoms with Crippen LogP contribution in [-0.4, -0.2) is 10.9 Å². The van der Waals surface area contributed by atoms with Crippen LogP contribution in [0.5, 0.6) is 0 Å². The minimum absolute atomic E-state index is 0.147. The van der Waals surface area contributed by atoms with Crippen molar-refractivity contribution in [2.24, 2.45) is 0 Å². The first-order valence-corrected chi connectivity index (χ1v) is 8.25. The van der Waals surface area contributed by atoms with Gasteiger partial charge in [-0.15, -0.1) is 11.3 Å². The molecule has 1 amide bonds. The molecule has 0 radical (unpaired) electrons.